The molecule has 1 aromatic rings. The Morgan fingerprint density at radius 3 is 2.52 bits per heavy atom. The number of carbonyl (C=O) groups is 2. The first-order valence-corrected chi connectivity index (χ1v) is 7.08. The fourth-order valence-corrected chi connectivity index (χ4v) is 2.05. The van der Waals surface area contributed by atoms with E-state index in [2.05, 4.69) is 0 Å². The highest BCUT2D eigenvalue weighted by Gasteiger charge is 2.35. The van der Waals surface area contributed by atoms with Gasteiger partial charge in [-0.1, -0.05) is 12.1 Å². The number of ether oxygens (including phenoxy) is 1. The molecule has 2 rings (SSSR count). The molecule has 1 aliphatic carbocycles. The molecule has 1 aromatic carbocycles. The van der Waals surface area contributed by atoms with Gasteiger partial charge in [-0.2, -0.15) is 0 Å². The monoisotopic (exact) mass is 291 g/mol. The molecular formula is C16H21NO4. The zero-order chi connectivity index (χ0) is 15.6. The highest BCUT2D eigenvalue weighted by molar-refractivity contribution is 5.87. The van der Waals surface area contributed by atoms with Crippen LogP contribution in [0, 0.1) is 0 Å². The number of carboxylic acids is 1. The molecule has 0 saturated heterocycles. The summed E-state index contributed by atoms with van der Waals surface area (Å²) < 4.78 is 5.42. The van der Waals surface area contributed by atoms with Crippen molar-refractivity contribution < 1.29 is 19.4 Å². The van der Waals surface area contributed by atoms with Crippen LogP contribution in [-0.2, 0) is 11.3 Å². The molecule has 1 amide bonds. The largest absolute Gasteiger partial charge is 0.478 e. The number of nitrogens with zero attached hydrogens (tertiary/aromatic N) is 1. The first-order chi connectivity index (χ1) is 9.76. The summed E-state index contributed by atoms with van der Waals surface area (Å²) >= 11 is 0. The van der Waals surface area contributed by atoms with Crippen molar-refractivity contribution in [2.24, 2.45) is 0 Å². The lowest BCUT2D eigenvalue weighted by Crippen LogP contribution is -2.37. The molecule has 0 aliphatic heterocycles. The van der Waals surface area contributed by atoms with E-state index >= 15 is 0 Å². The van der Waals surface area contributed by atoms with Gasteiger partial charge in [-0.05, 0) is 51.3 Å². The Morgan fingerprint density at radius 2 is 2.00 bits per heavy atom. The van der Waals surface area contributed by atoms with Crippen molar-refractivity contribution in [1.82, 2.24) is 4.90 Å². The van der Waals surface area contributed by atoms with Gasteiger partial charge in [-0.25, -0.2) is 9.59 Å². The molecule has 5 heteroatoms. The number of benzene rings is 1. The number of aromatic carboxylic acids is 1. The Bertz CT molecular complexity index is 543. The van der Waals surface area contributed by atoms with Gasteiger partial charge in [-0.15, -0.1) is 0 Å². The van der Waals surface area contributed by atoms with E-state index < -0.39 is 11.6 Å². The number of hydrogen-bond donors (Lipinski definition) is 1. The lowest BCUT2D eigenvalue weighted by Gasteiger charge is -2.27. The van der Waals surface area contributed by atoms with Crippen LogP contribution in [0.3, 0.4) is 0 Å². The van der Waals surface area contributed by atoms with Crippen LogP contribution in [0.1, 0.15) is 49.5 Å². The highest BCUT2D eigenvalue weighted by atomic mass is 16.6. The van der Waals surface area contributed by atoms with Crippen LogP contribution >= 0.6 is 0 Å². The second-order valence-corrected chi connectivity index (χ2v) is 6.34. The summed E-state index contributed by atoms with van der Waals surface area (Å²) in [5.41, 5.74) is 0.493. The van der Waals surface area contributed by atoms with Gasteiger partial charge in [0.2, 0.25) is 0 Å². The molecule has 5 nitrogen and oxygen atoms in total. The fourth-order valence-electron chi connectivity index (χ4n) is 2.05. The summed E-state index contributed by atoms with van der Waals surface area (Å²) in [5.74, 6) is -0.966. The molecule has 0 spiro atoms. The summed E-state index contributed by atoms with van der Waals surface area (Å²) in [7, 11) is 0. The second-order valence-electron chi connectivity index (χ2n) is 6.34. The van der Waals surface area contributed by atoms with Crippen molar-refractivity contribution in [2.45, 2.75) is 51.8 Å². The zero-order valence-corrected chi connectivity index (χ0v) is 12.6. The maximum Gasteiger partial charge on any atom is 0.410 e. The van der Waals surface area contributed by atoms with E-state index in [9.17, 15) is 9.59 Å². The molecule has 1 N–H and O–H groups in total. The smallest absolute Gasteiger partial charge is 0.410 e. The number of carboxylic acid groups (broad SMARTS) is 1. The molecular weight excluding hydrogens is 270 g/mol. The molecule has 114 valence electrons. The van der Waals surface area contributed by atoms with Crippen molar-refractivity contribution in [3.63, 3.8) is 0 Å². The van der Waals surface area contributed by atoms with Gasteiger partial charge in [-0.3, -0.25) is 0 Å². The number of rotatable bonds is 4. The van der Waals surface area contributed by atoms with Crippen molar-refractivity contribution in [2.75, 3.05) is 0 Å². The normalized spacial score (nSPS) is 14.6. The third-order valence-electron chi connectivity index (χ3n) is 3.14. The van der Waals surface area contributed by atoms with Gasteiger partial charge >= 0.3 is 12.1 Å². The number of hydrogen-bond acceptors (Lipinski definition) is 3. The van der Waals surface area contributed by atoms with Gasteiger partial charge in [0.15, 0.2) is 0 Å². The minimum Gasteiger partial charge on any atom is -0.478 e. The Morgan fingerprint density at radius 1 is 1.33 bits per heavy atom. The summed E-state index contributed by atoms with van der Waals surface area (Å²) in [4.78, 5) is 24.9. The molecule has 1 fully saturated rings. The van der Waals surface area contributed by atoms with E-state index in [1.54, 1.807) is 23.1 Å². The minimum absolute atomic E-state index is 0.202. The molecule has 0 atom stereocenters. The predicted octanol–water partition coefficient (Wildman–Crippen LogP) is 3.28. The van der Waals surface area contributed by atoms with E-state index in [-0.39, 0.29) is 17.7 Å². The first-order valence-electron chi connectivity index (χ1n) is 7.08. The molecule has 0 radical (unpaired) electrons. The quantitative estimate of drug-likeness (QED) is 0.924. The first kappa shape index (κ1) is 15.4. The van der Waals surface area contributed by atoms with E-state index in [1.165, 1.54) is 0 Å². The maximum atomic E-state index is 12.3. The molecule has 1 aliphatic rings. The highest BCUT2D eigenvalue weighted by Crippen LogP contribution is 2.30. The Kier molecular flexibility index (Phi) is 4.21. The van der Waals surface area contributed by atoms with Gasteiger partial charge in [0.1, 0.15) is 5.60 Å². The molecule has 21 heavy (non-hydrogen) atoms. The zero-order valence-electron chi connectivity index (χ0n) is 12.6. The summed E-state index contributed by atoms with van der Waals surface area (Å²) in [5, 5.41) is 9.02. The van der Waals surface area contributed by atoms with Gasteiger partial charge in [0, 0.05) is 12.6 Å². The van der Waals surface area contributed by atoms with Crippen LogP contribution in [0.5, 0.6) is 0 Å². The fraction of sp³-hybridized carbons (Fsp3) is 0.500. The van der Waals surface area contributed by atoms with Gasteiger partial charge < -0.3 is 14.7 Å². The van der Waals surface area contributed by atoms with Crippen LogP contribution in [0.4, 0.5) is 4.79 Å². The van der Waals surface area contributed by atoms with E-state index in [0.29, 0.717) is 6.54 Å². The Hall–Kier alpha value is -2.04. The number of amides is 1. The SMILES string of the molecule is CC(C)(C)OC(=O)N(Cc1cccc(C(=O)O)c1)C1CC1. The van der Waals surface area contributed by atoms with E-state index in [1.807, 2.05) is 26.8 Å². The lowest BCUT2D eigenvalue weighted by atomic mass is 10.1. The van der Waals surface area contributed by atoms with Crippen LogP contribution in [0.2, 0.25) is 0 Å². The predicted molar refractivity (Wildman–Crippen MR) is 78.2 cm³/mol. The minimum atomic E-state index is -0.966. The standard InChI is InChI=1S/C16H21NO4/c1-16(2,3)21-15(20)17(13-7-8-13)10-11-5-4-6-12(9-11)14(18)19/h4-6,9,13H,7-8,10H2,1-3H3,(H,18,19). The molecule has 0 heterocycles. The molecule has 0 unspecified atom stereocenters. The summed E-state index contributed by atoms with van der Waals surface area (Å²) in [6, 6.07) is 6.86. The molecule has 1 saturated carbocycles. The van der Waals surface area contributed by atoms with Gasteiger partial charge in [0.05, 0.1) is 5.56 Å². The third-order valence-corrected chi connectivity index (χ3v) is 3.14. The summed E-state index contributed by atoms with van der Waals surface area (Å²) in [6.07, 6.45) is 1.60. The Labute approximate surface area is 124 Å². The second kappa shape index (κ2) is 5.76. The van der Waals surface area contributed by atoms with Crippen molar-refractivity contribution in [3.05, 3.63) is 35.4 Å². The van der Waals surface area contributed by atoms with E-state index in [0.717, 1.165) is 18.4 Å². The van der Waals surface area contributed by atoms with Crippen LogP contribution in [0.25, 0.3) is 0 Å². The van der Waals surface area contributed by atoms with Crippen molar-refractivity contribution in [1.29, 1.82) is 0 Å². The lowest BCUT2D eigenvalue weighted by molar-refractivity contribution is 0.0216. The van der Waals surface area contributed by atoms with Crippen LogP contribution in [0.15, 0.2) is 24.3 Å². The van der Waals surface area contributed by atoms with Crippen LogP contribution < -0.4 is 0 Å². The van der Waals surface area contributed by atoms with Crippen molar-refractivity contribution >= 4 is 12.1 Å². The summed E-state index contributed by atoms with van der Waals surface area (Å²) in [6.45, 7) is 5.88. The third kappa shape index (κ3) is 4.48. The topological polar surface area (TPSA) is 66.8 Å². The molecule has 0 bridgehead atoms. The Balaban J connectivity index is 2.11. The maximum absolute atomic E-state index is 12.3. The molecule has 0 aromatic heterocycles. The van der Waals surface area contributed by atoms with Crippen LogP contribution in [-0.4, -0.2) is 33.7 Å². The number of carbonyl (C=O) groups excluding carboxylic acids is 1. The van der Waals surface area contributed by atoms with E-state index in [4.69, 9.17) is 9.84 Å². The average molecular weight is 291 g/mol. The average Bonchev–Trinajstić information content (AvgIpc) is 3.18. The van der Waals surface area contributed by atoms with Crippen molar-refractivity contribution in [3.8, 4) is 0 Å². The van der Waals surface area contributed by atoms with Gasteiger partial charge in [0.25, 0.3) is 0 Å².